The van der Waals surface area contributed by atoms with E-state index in [9.17, 15) is 4.79 Å². The van der Waals surface area contributed by atoms with Crippen molar-refractivity contribution in [1.29, 1.82) is 0 Å². The second kappa shape index (κ2) is 5.38. The summed E-state index contributed by atoms with van der Waals surface area (Å²) in [5.74, 6) is -0.325. The third-order valence-corrected chi connectivity index (χ3v) is 2.50. The minimum Gasteiger partial charge on any atom is -0.330 e. The van der Waals surface area contributed by atoms with E-state index in [1.165, 1.54) is 11.3 Å². The average Bonchev–Trinajstić information content (AvgIpc) is 2.62. The Hall–Kier alpha value is -0.980. The highest BCUT2D eigenvalue weighted by molar-refractivity contribution is 7.09. The number of aromatic nitrogens is 1. The Morgan fingerprint density at radius 1 is 1.62 bits per heavy atom. The number of nitrogens with two attached hydrogens (primary N) is 1. The Labute approximate surface area is 99.0 Å². The molecule has 90 valence electrons. The Balaban J connectivity index is 2.53. The molecular formula is C10H17N3O2S. The standard InChI is InChI=1S/C10H17N3O2S/c1-10(2,3)15-13-9(14)7-6-16-8(12-7)4-5-11/h6H,4-5,11H2,1-3H3,(H,13,14). The molecule has 1 amide bonds. The number of nitrogens with zero attached hydrogens (tertiary/aromatic N) is 1. The number of carbonyl (C=O) groups is 1. The van der Waals surface area contributed by atoms with Gasteiger partial charge in [-0.1, -0.05) is 0 Å². The van der Waals surface area contributed by atoms with Gasteiger partial charge in [0.25, 0.3) is 5.91 Å². The van der Waals surface area contributed by atoms with E-state index < -0.39 is 5.60 Å². The van der Waals surface area contributed by atoms with Crippen molar-refractivity contribution in [3.8, 4) is 0 Å². The van der Waals surface area contributed by atoms with E-state index in [1.54, 1.807) is 5.38 Å². The van der Waals surface area contributed by atoms with E-state index in [0.29, 0.717) is 18.7 Å². The molecule has 0 aromatic carbocycles. The lowest BCUT2D eigenvalue weighted by molar-refractivity contribution is -0.0591. The molecule has 0 spiro atoms. The van der Waals surface area contributed by atoms with Crippen LogP contribution in [0.4, 0.5) is 0 Å². The largest absolute Gasteiger partial charge is 0.330 e. The summed E-state index contributed by atoms with van der Waals surface area (Å²) in [5, 5.41) is 2.57. The highest BCUT2D eigenvalue weighted by Gasteiger charge is 2.15. The van der Waals surface area contributed by atoms with Crippen LogP contribution in [-0.4, -0.2) is 23.0 Å². The predicted octanol–water partition coefficient (Wildman–Crippen LogP) is 1.10. The summed E-state index contributed by atoms with van der Waals surface area (Å²) in [6.45, 7) is 6.10. The van der Waals surface area contributed by atoms with Gasteiger partial charge in [0.15, 0.2) is 0 Å². The van der Waals surface area contributed by atoms with Gasteiger partial charge in [0.05, 0.1) is 10.6 Å². The summed E-state index contributed by atoms with van der Waals surface area (Å²) in [6, 6.07) is 0. The van der Waals surface area contributed by atoms with Crippen molar-refractivity contribution in [2.75, 3.05) is 6.54 Å². The van der Waals surface area contributed by atoms with Crippen molar-refractivity contribution in [2.24, 2.45) is 5.73 Å². The van der Waals surface area contributed by atoms with Gasteiger partial charge in [-0.25, -0.2) is 10.5 Å². The summed E-state index contributed by atoms with van der Waals surface area (Å²) in [7, 11) is 0. The highest BCUT2D eigenvalue weighted by Crippen LogP contribution is 2.10. The van der Waals surface area contributed by atoms with E-state index in [0.717, 1.165) is 5.01 Å². The summed E-state index contributed by atoms with van der Waals surface area (Å²) in [5.41, 5.74) is 7.73. The first-order chi connectivity index (χ1) is 7.42. The molecule has 1 heterocycles. The van der Waals surface area contributed by atoms with Crippen molar-refractivity contribution in [3.05, 3.63) is 16.1 Å². The quantitative estimate of drug-likeness (QED) is 0.776. The van der Waals surface area contributed by atoms with Crippen LogP contribution in [0.2, 0.25) is 0 Å². The molecule has 0 fully saturated rings. The number of hydrogen-bond acceptors (Lipinski definition) is 5. The fraction of sp³-hybridized carbons (Fsp3) is 0.600. The topological polar surface area (TPSA) is 77.2 Å². The third-order valence-electron chi connectivity index (χ3n) is 1.59. The third kappa shape index (κ3) is 4.26. The summed E-state index contributed by atoms with van der Waals surface area (Å²) < 4.78 is 0. The number of thiazole rings is 1. The smallest absolute Gasteiger partial charge is 0.294 e. The van der Waals surface area contributed by atoms with Crippen LogP contribution >= 0.6 is 11.3 Å². The molecule has 0 saturated heterocycles. The molecule has 1 aromatic heterocycles. The molecule has 5 nitrogen and oxygen atoms in total. The van der Waals surface area contributed by atoms with Crippen molar-refractivity contribution >= 4 is 17.2 Å². The Bertz CT molecular complexity index is 357. The first kappa shape index (κ1) is 13.1. The van der Waals surface area contributed by atoms with Gasteiger partial charge in [-0.3, -0.25) is 9.63 Å². The molecule has 1 aromatic rings. The van der Waals surface area contributed by atoms with Gasteiger partial charge in [0.2, 0.25) is 0 Å². The van der Waals surface area contributed by atoms with E-state index in [2.05, 4.69) is 10.5 Å². The highest BCUT2D eigenvalue weighted by atomic mass is 32.1. The Morgan fingerprint density at radius 2 is 2.31 bits per heavy atom. The number of hydrogen-bond donors (Lipinski definition) is 2. The molecule has 3 N–H and O–H groups in total. The van der Waals surface area contributed by atoms with E-state index in [1.807, 2.05) is 20.8 Å². The Kier molecular flexibility index (Phi) is 4.40. The molecule has 0 unspecified atom stereocenters. The van der Waals surface area contributed by atoms with E-state index in [4.69, 9.17) is 10.6 Å². The molecule has 0 atom stereocenters. The molecule has 0 radical (unpaired) electrons. The SMILES string of the molecule is CC(C)(C)ONC(=O)c1csc(CCN)n1. The van der Waals surface area contributed by atoms with E-state index >= 15 is 0 Å². The fourth-order valence-corrected chi connectivity index (χ4v) is 1.70. The van der Waals surface area contributed by atoms with Crippen LogP contribution in [0.3, 0.4) is 0 Å². The second-order valence-electron chi connectivity index (χ2n) is 4.31. The molecule has 0 aliphatic heterocycles. The van der Waals surface area contributed by atoms with Crippen LogP contribution in [0.25, 0.3) is 0 Å². The van der Waals surface area contributed by atoms with Crippen LogP contribution in [0.15, 0.2) is 5.38 Å². The Morgan fingerprint density at radius 3 is 2.88 bits per heavy atom. The van der Waals surface area contributed by atoms with E-state index in [-0.39, 0.29) is 5.91 Å². The first-order valence-electron chi connectivity index (χ1n) is 5.05. The van der Waals surface area contributed by atoms with Gasteiger partial charge in [-0.05, 0) is 27.3 Å². The molecule has 0 aliphatic rings. The van der Waals surface area contributed by atoms with Gasteiger partial charge in [-0.15, -0.1) is 11.3 Å². The zero-order chi connectivity index (χ0) is 12.2. The number of rotatable bonds is 4. The molecule has 1 rings (SSSR count). The molecule has 0 bridgehead atoms. The average molecular weight is 243 g/mol. The zero-order valence-electron chi connectivity index (χ0n) is 9.74. The number of carbonyl (C=O) groups excluding carboxylic acids is 1. The fourth-order valence-electron chi connectivity index (χ4n) is 0.905. The lowest BCUT2D eigenvalue weighted by Gasteiger charge is -2.18. The van der Waals surface area contributed by atoms with Crippen LogP contribution in [0, 0.1) is 0 Å². The maximum absolute atomic E-state index is 11.6. The normalized spacial score (nSPS) is 11.5. The molecule has 0 saturated carbocycles. The minimum atomic E-state index is -0.411. The van der Waals surface area contributed by atoms with Crippen LogP contribution < -0.4 is 11.2 Å². The van der Waals surface area contributed by atoms with Gasteiger partial charge >= 0.3 is 0 Å². The van der Waals surface area contributed by atoms with Gasteiger partial charge in [0.1, 0.15) is 5.69 Å². The lowest BCUT2D eigenvalue weighted by Crippen LogP contribution is -2.33. The van der Waals surface area contributed by atoms with Crippen molar-refractivity contribution in [1.82, 2.24) is 10.5 Å². The molecular weight excluding hydrogens is 226 g/mol. The van der Waals surface area contributed by atoms with Crippen LogP contribution in [0.5, 0.6) is 0 Å². The van der Waals surface area contributed by atoms with Crippen LogP contribution in [-0.2, 0) is 11.3 Å². The number of amides is 1. The van der Waals surface area contributed by atoms with Crippen LogP contribution in [0.1, 0.15) is 36.3 Å². The number of nitrogens with one attached hydrogen (secondary N) is 1. The monoisotopic (exact) mass is 243 g/mol. The first-order valence-corrected chi connectivity index (χ1v) is 5.93. The summed E-state index contributed by atoms with van der Waals surface area (Å²) in [4.78, 5) is 20.9. The maximum atomic E-state index is 11.6. The predicted molar refractivity (Wildman–Crippen MR) is 63.2 cm³/mol. The molecule has 0 aliphatic carbocycles. The van der Waals surface area contributed by atoms with Gasteiger partial charge in [-0.2, -0.15) is 0 Å². The van der Waals surface area contributed by atoms with Gasteiger partial charge in [0, 0.05) is 11.8 Å². The summed E-state index contributed by atoms with van der Waals surface area (Å²) in [6.07, 6.45) is 0.693. The lowest BCUT2D eigenvalue weighted by atomic mass is 10.2. The van der Waals surface area contributed by atoms with Crippen molar-refractivity contribution in [2.45, 2.75) is 32.8 Å². The summed E-state index contributed by atoms with van der Waals surface area (Å²) >= 11 is 1.43. The van der Waals surface area contributed by atoms with Crippen molar-refractivity contribution < 1.29 is 9.63 Å². The molecule has 16 heavy (non-hydrogen) atoms. The van der Waals surface area contributed by atoms with Gasteiger partial charge < -0.3 is 5.73 Å². The maximum Gasteiger partial charge on any atom is 0.294 e. The van der Waals surface area contributed by atoms with Crippen molar-refractivity contribution in [3.63, 3.8) is 0 Å². The minimum absolute atomic E-state index is 0.325. The molecule has 6 heteroatoms. The zero-order valence-corrected chi connectivity index (χ0v) is 10.6. The number of hydroxylamine groups is 1. The second-order valence-corrected chi connectivity index (χ2v) is 5.25.